The maximum Gasteiger partial charge on any atom is 0.418 e. The average molecular weight is 544 g/mol. The van der Waals surface area contributed by atoms with Crippen LogP contribution in [0.2, 0.25) is 0 Å². The minimum atomic E-state index is -4.73. The number of ether oxygens (including phenoxy) is 1. The monoisotopic (exact) mass is 543 g/mol. The fraction of sp³-hybridized carbons (Fsp3) is 0.308. The van der Waals surface area contributed by atoms with E-state index in [0.29, 0.717) is 6.54 Å². The van der Waals surface area contributed by atoms with Crippen molar-refractivity contribution in [2.75, 3.05) is 25.9 Å². The van der Waals surface area contributed by atoms with Gasteiger partial charge in [0.2, 0.25) is 5.88 Å². The Morgan fingerprint density at radius 1 is 1.18 bits per heavy atom. The summed E-state index contributed by atoms with van der Waals surface area (Å²) >= 11 is 0. The molecule has 1 aliphatic rings. The van der Waals surface area contributed by atoms with Crippen molar-refractivity contribution in [3.63, 3.8) is 0 Å². The summed E-state index contributed by atoms with van der Waals surface area (Å²) in [6.45, 7) is 2.94. The van der Waals surface area contributed by atoms with E-state index in [-0.39, 0.29) is 41.6 Å². The van der Waals surface area contributed by atoms with E-state index in [1.807, 2.05) is 36.1 Å². The summed E-state index contributed by atoms with van der Waals surface area (Å²) in [5.41, 5.74) is 6.51. The lowest BCUT2D eigenvalue weighted by Crippen LogP contribution is -2.41. The molecule has 5 rings (SSSR count). The number of hydrogen-bond acceptors (Lipinski definition) is 7. The molecule has 3 aromatic heterocycles. The Balaban J connectivity index is 1.41. The Morgan fingerprint density at radius 3 is 2.62 bits per heavy atom. The molecule has 1 aliphatic heterocycles. The van der Waals surface area contributed by atoms with E-state index in [1.54, 1.807) is 0 Å². The molecule has 204 valence electrons. The zero-order chi connectivity index (χ0) is 27.9. The first-order chi connectivity index (χ1) is 18.5. The van der Waals surface area contributed by atoms with Gasteiger partial charge in [-0.3, -0.25) is 9.69 Å². The molecule has 0 bridgehead atoms. The van der Waals surface area contributed by atoms with Crippen molar-refractivity contribution in [3.8, 4) is 17.1 Å². The predicted octanol–water partition coefficient (Wildman–Crippen LogP) is 3.66. The van der Waals surface area contributed by atoms with E-state index in [2.05, 4.69) is 20.4 Å². The number of fused-ring (bicyclic) bond motifs is 1. The fourth-order valence-corrected chi connectivity index (χ4v) is 4.71. The van der Waals surface area contributed by atoms with Crippen LogP contribution >= 0.6 is 0 Å². The third kappa shape index (κ3) is 5.21. The highest BCUT2D eigenvalue weighted by atomic mass is 19.4. The molecule has 3 N–H and O–H groups in total. The van der Waals surface area contributed by atoms with Crippen molar-refractivity contribution in [2.45, 2.75) is 31.9 Å². The molecule has 1 amide bonds. The molecule has 0 spiro atoms. The third-order valence-electron chi connectivity index (χ3n) is 6.64. The number of anilines is 1. The molecule has 39 heavy (non-hydrogen) atoms. The molecule has 4 aromatic rings. The number of aryl methyl sites for hydroxylation is 1. The van der Waals surface area contributed by atoms with Crippen LogP contribution in [0, 0.1) is 6.92 Å². The van der Waals surface area contributed by atoms with Gasteiger partial charge in [-0.25, -0.2) is 18.9 Å². The standard InChI is InChI=1S/C26H25F4N7O2/c1-14-3-5-15(6-4-14)10-36-11-19(27)20(12-36)35-24(38)17-7-16(9-32-25(17)39-2)21-8-18(26(28,29)30)22-23(31)33-13-34-37(21)22/h3-9,13,19-20H,10-12H2,1-2H3,(H,35,38)(H2,31,33,34). The Bertz CT molecular complexity index is 1520. The SMILES string of the molecule is COc1ncc(-c2cc(C(F)(F)F)c3c(N)ncnn23)cc1C(=O)NC1CN(Cc2ccc(C)cc2)CC1F. The van der Waals surface area contributed by atoms with Crippen molar-refractivity contribution in [1.82, 2.24) is 29.8 Å². The van der Waals surface area contributed by atoms with Gasteiger partial charge in [0.05, 0.1) is 24.4 Å². The number of pyridine rings is 1. The highest BCUT2D eigenvalue weighted by molar-refractivity contribution is 5.98. The highest BCUT2D eigenvalue weighted by Crippen LogP contribution is 2.39. The topological polar surface area (TPSA) is 111 Å². The molecule has 4 heterocycles. The molecular weight excluding hydrogens is 518 g/mol. The number of hydrogen-bond donors (Lipinski definition) is 2. The number of rotatable bonds is 6. The van der Waals surface area contributed by atoms with Gasteiger partial charge in [0, 0.05) is 31.4 Å². The van der Waals surface area contributed by atoms with E-state index in [0.717, 1.165) is 28.0 Å². The fourth-order valence-electron chi connectivity index (χ4n) is 4.71. The highest BCUT2D eigenvalue weighted by Gasteiger charge is 2.37. The van der Waals surface area contributed by atoms with Crippen molar-refractivity contribution < 1.29 is 27.1 Å². The number of carbonyl (C=O) groups is 1. The van der Waals surface area contributed by atoms with Crippen LogP contribution in [-0.4, -0.2) is 62.8 Å². The number of methoxy groups -OCH3 is 1. The zero-order valence-electron chi connectivity index (χ0n) is 21.0. The molecule has 13 heteroatoms. The van der Waals surface area contributed by atoms with E-state index in [4.69, 9.17) is 10.5 Å². The van der Waals surface area contributed by atoms with E-state index in [9.17, 15) is 22.4 Å². The lowest BCUT2D eigenvalue weighted by Gasteiger charge is -2.17. The second-order valence-electron chi connectivity index (χ2n) is 9.40. The molecular formula is C26H25F4N7O2. The second kappa shape index (κ2) is 10.1. The van der Waals surface area contributed by atoms with Gasteiger partial charge in [-0.2, -0.15) is 18.3 Å². The van der Waals surface area contributed by atoms with E-state index in [1.165, 1.54) is 19.4 Å². The maximum absolute atomic E-state index is 14.9. The van der Waals surface area contributed by atoms with Gasteiger partial charge < -0.3 is 15.8 Å². The predicted molar refractivity (Wildman–Crippen MR) is 135 cm³/mol. The van der Waals surface area contributed by atoms with Crippen LogP contribution in [0.3, 0.4) is 0 Å². The molecule has 2 atom stereocenters. The molecule has 0 saturated carbocycles. The number of alkyl halides is 4. The number of amides is 1. The van der Waals surface area contributed by atoms with Crippen molar-refractivity contribution in [1.29, 1.82) is 0 Å². The normalized spacial score (nSPS) is 18.0. The average Bonchev–Trinajstić information content (AvgIpc) is 3.46. The summed E-state index contributed by atoms with van der Waals surface area (Å²) < 4.78 is 62.3. The van der Waals surface area contributed by atoms with Crippen LogP contribution in [0.4, 0.5) is 23.4 Å². The summed E-state index contributed by atoms with van der Waals surface area (Å²) in [4.78, 5) is 22.9. The first-order valence-corrected chi connectivity index (χ1v) is 12.0. The summed E-state index contributed by atoms with van der Waals surface area (Å²) in [6.07, 6.45) is -3.76. The number of halogens is 4. The van der Waals surface area contributed by atoms with Crippen LogP contribution in [0.15, 0.2) is 48.9 Å². The van der Waals surface area contributed by atoms with Crippen LogP contribution < -0.4 is 15.8 Å². The largest absolute Gasteiger partial charge is 0.480 e. The van der Waals surface area contributed by atoms with Crippen molar-refractivity contribution >= 4 is 17.2 Å². The Labute approximate surface area is 220 Å². The molecule has 0 aliphatic carbocycles. The van der Waals surface area contributed by atoms with E-state index >= 15 is 0 Å². The lowest BCUT2D eigenvalue weighted by atomic mass is 10.1. The number of likely N-dealkylation sites (tertiary alicyclic amines) is 1. The van der Waals surface area contributed by atoms with Gasteiger partial charge >= 0.3 is 6.18 Å². The van der Waals surface area contributed by atoms with Crippen molar-refractivity contribution in [2.24, 2.45) is 0 Å². The Hall–Kier alpha value is -4.26. The number of nitrogens with zero attached hydrogens (tertiary/aromatic N) is 5. The number of nitrogen functional groups attached to an aromatic ring is 1. The Morgan fingerprint density at radius 2 is 1.92 bits per heavy atom. The number of nitrogens with one attached hydrogen (secondary N) is 1. The zero-order valence-corrected chi connectivity index (χ0v) is 21.0. The van der Waals surface area contributed by atoms with Gasteiger partial charge in [-0.15, -0.1) is 0 Å². The summed E-state index contributed by atoms with van der Waals surface area (Å²) in [5, 5.41) is 6.61. The molecule has 9 nitrogen and oxygen atoms in total. The summed E-state index contributed by atoms with van der Waals surface area (Å²) in [5.74, 6) is -1.09. The van der Waals surface area contributed by atoms with E-state index < -0.39 is 35.4 Å². The van der Waals surface area contributed by atoms with Crippen LogP contribution in [0.5, 0.6) is 5.88 Å². The smallest absolute Gasteiger partial charge is 0.418 e. The molecule has 1 aromatic carbocycles. The second-order valence-corrected chi connectivity index (χ2v) is 9.40. The summed E-state index contributed by atoms with van der Waals surface area (Å²) in [6, 6.07) is 9.31. The maximum atomic E-state index is 14.9. The lowest BCUT2D eigenvalue weighted by molar-refractivity contribution is -0.136. The van der Waals surface area contributed by atoms with Gasteiger partial charge in [-0.05, 0) is 24.6 Å². The van der Waals surface area contributed by atoms with Gasteiger partial charge in [0.25, 0.3) is 5.91 Å². The molecule has 2 unspecified atom stereocenters. The van der Waals surface area contributed by atoms with Gasteiger partial charge in [-0.1, -0.05) is 29.8 Å². The van der Waals surface area contributed by atoms with Crippen molar-refractivity contribution in [3.05, 3.63) is 71.2 Å². The number of benzene rings is 1. The van der Waals surface area contributed by atoms with Gasteiger partial charge in [0.1, 0.15) is 23.6 Å². The van der Waals surface area contributed by atoms with Gasteiger partial charge in [0.15, 0.2) is 5.82 Å². The van der Waals surface area contributed by atoms with Crippen LogP contribution in [0.25, 0.3) is 16.8 Å². The first kappa shape index (κ1) is 26.4. The number of carbonyl (C=O) groups excluding carboxylic acids is 1. The minimum Gasteiger partial charge on any atom is -0.480 e. The van der Waals surface area contributed by atoms with Crippen LogP contribution in [-0.2, 0) is 12.7 Å². The minimum absolute atomic E-state index is 0.0101. The summed E-state index contributed by atoms with van der Waals surface area (Å²) in [7, 11) is 1.30. The molecule has 1 fully saturated rings. The number of aromatic nitrogens is 4. The molecule has 0 radical (unpaired) electrons. The quantitative estimate of drug-likeness (QED) is 0.357. The van der Waals surface area contributed by atoms with Crippen LogP contribution in [0.1, 0.15) is 27.0 Å². The third-order valence-corrected chi connectivity index (χ3v) is 6.64. The first-order valence-electron chi connectivity index (χ1n) is 12.0. The number of nitrogens with two attached hydrogens (primary N) is 1. The molecule has 1 saturated heterocycles. The Kier molecular flexibility index (Phi) is 6.85.